The van der Waals surface area contributed by atoms with Crippen molar-refractivity contribution in [3.05, 3.63) is 35.4 Å². The van der Waals surface area contributed by atoms with Gasteiger partial charge < -0.3 is 9.07 Å². The minimum Gasteiger partial charge on any atom is -0.345 e. The number of hydrogen-bond acceptors (Lipinski definition) is 0. The molecule has 0 nitrogen and oxygen atoms in total. The van der Waals surface area contributed by atoms with Crippen LogP contribution in [-0.4, -0.2) is 19.3 Å². The van der Waals surface area contributed by atoms with Crippen molar-refractivity contribution in [2.24, 2.45) is 0 Å². The largest absolute Gasteiger partial charge is 0.505 e. The number of unbranched alkanes of at least 4 members (excludes halogenated alkanes) is 7. The summed E-state index contributed by atoms with van der Waals surface area (Å²) in [5.41, 5.74) is 3.05. The molecule has 0 spiro atoms. The highest BCUT2D eigenvalue weighted by Gasteiger charge is 2.02. The Labute approximate surface area is 132 Å². The van der Waals surface area contributed by atoms with Crippen molar-refractivity contribution in [2.45, 2.75) is 69.3 Å². The molecule has 0 bridgehead atoms. The van der Waals surface area contributed by atoms with Crippen molar-refractivity contribution in [2.75, 3.05) is 0 Å². The maximum absolute atomic E-state index is 5.99. The molecule has 19 heavy (non-hydrogen) atoms. The van der Waals surface area contributed by atoms with E-state index in [0.717, 1.165) is 4.55 Å². The lowest BCUT2D eigenvalue weighted by atomic mass is 10.0. The van der Waals surface area contributed by atoms with E-state index in [1.165, 1.54) is 63.4 Å². The Morgan fingerprint density at radius 3 is 2.05 bits per heavy atom. The van der Waals surface area contributed by atoms with Gasteiger partial charge in [-0.05, 0) is 18.4 Å². The maximum atomic E-state index is 5.99. The molecule has 0 amide bonds. The average Bonchev–Trinajstić information content (AvgIpc) is 2.44. The molecule has 0 unspecified atom stereocenters. The summed E-state index contributed by atoms with van der Waals surface area (Å²) in [5.74, 6) is 0. The van der Waals surface area contributed by atoms with Gasteiger partial charge in [0.25, 0.3) is 0 Å². The number of benzene rings is 1. The molecule has 0 radical (unpaired) electrons. The van der Waals surface area contributed by atoms with Crippen LogP contribution < -0.4 is 0 Å². The van der Waals surface area contributed by atoms with Gasteiger partial charge in [-0.25, -0.2) is 0 Å². The van der Waals surface area contributed by atoms with Gasteiger partial charge in [0, 0.05) is 0 Å². The summed E-state index contributed by atoms with van der Waals surface area (Å²) in [6.07, 6.45) is 12.4. The molecule has 0 atom stereocenters. The van der Waals surface area contributed by atoms with Crippen LogP contribution in [0.25, 0.3) is 0 Å². The van der Waals surface area contributed by atoms with Crippen LogP contribution in [0.5, 0.6) is 0 Å². The van der Waals surface area contributed by atoms with Crippen molar-refractivity contribution in [1.82, 2.24) is 0 Å². The van der Waals surface area contributed by atoms with Crippen molar-refractivity contribution in [3.63, 3.8) is 0 Å². The molecule has 2 heteroatoms. The van der Waals surface area contributed by atoms with Gasteiger partial charge in [-0.2, -0.15) is 0 Å². The first kappa shape index (κ1) is 17.3. The molecule has 0 fully saturated rings. The monoisotopic (exact) mass is 290 g/mol. The van der Waals surface area contributed by atoms with Gasteiger partial charge in [0.1, 0.15) is 0 Å². The van der Waals surface area contributed by atoms with Crippen LogP contribution in [0.1, 0.15) is 69.4 Å². The molecule has 104 valence electrons. The van der Waals surface area contributed by atoms with E-state index < -0.39 is 0 Å². The van der Waals surface area contributed by atoms with Crippen LogP contribution in [0.2, 0.25) is 0 Å². The van der Waals surface area contributed by atoms with Crippen LogP contribution in [0.3, 0.4) is 0 Å². The van der Waals surface area contributed by atoms with Crippen LogP contribution in [0.4, 0.5) is 0 Å². The fourth-order valence-corrected chi connectivity index (χ4v) is 3.90. The minimum absolute atomic E-state index is 0.378. The van der Waals surface area contributed by atoms with E-state index in [1.807, 2.05) is 0 Å². The summed E-state index contributed by atoms with van der Waals surface area (Å²) in [7, 11) is 5.99. The van der Waals surface area contributed by atoms with Gasteiger partial charge in [-0.1, -0.05) is 86.2 Å². The highest BCUT2D eigenvalue weighted by Crippen LogP contribution is 2.15. The number of rotatable bonds is 11. The fraction of sp³-hybridized carbons (Fsp3) is 0.647. The van der Waals surface area contributed by atoms with E-state index in [0.29, 0.717) is 0 Å². The van der Waals surface area contributed by atoms with Gasteiger partial charge >= 0.3 is 19.3 Å². The van der Waals surface area contributed by atoms with Crippen LogP contribution in [0.15, 0.2) is 24.3 Å². The van der Waals surface area contributed by atoms with Crippen LogP contribution in [-0.2, 0) is 11.0 Å². The van der Waals surface area contributed by atoms with Crippen molar-refractivity contribution >= 4 is 28.3 Å². The summed E-state index contributed by atoms with van der Waals surface area (Å²) in [6.45, 7) is 2.28. The van der Waals surface area contributed by atoms with Gasteiger partial charge in [-0.3, -0.25) is 0 Å². The molecular weight excluding hydrogens is 264 g/mol. The van der Waals surface area contributed by atoms with E-state index in [1.54, 1.807) is 5.56 Å². The fourth-order valence-electron chi connectivity index (χ4n) is 2.60. The molecular formula is C17H27ClMg. The normalized spacial score (nSPS) is 10.4. The SMILES string of the molecule is CCCCCCCCCCc1ccccc1[CH2][Mg][Cl]. The quantitative estimate of drug-likeness (QED) is 0.361. The Kier molecular flexibility index (Phi) is 11.0. The second kappa shape index (κ2) is 12.1. The smallest absolute Gasteiger partial charge is 0.345 e. The van der Waals surface area contributed by atoms with Gasteiger partial charge in [0.15, 0.2) is 0 Å². The standard InChI is InChI=1S/C17H27.ClH.Mg/c1-3-4-5-6-7-8-9-10-14-17-15-12-11-13-16(17)2;;/h11-13,15H,2-10,14H2,1H3;1H;/q;;+1/p-1. The number of hydrogen-bond donors (Lipinski definition) is 0. The summed E-state index contributed by atoms with van der Waals surface area (Å²) in [5, 5.41) is 0. The van der Waals surface area contributed by atoms with E-state index >= 15 is 0 Å². The molecule has 0 aromatic heterocycles. The minimum atomic E-state index is -0.378. The van der Waals surface area contributed by atoms with Crippen LogP contribution in [0, 0.1) is 0 Å². The van der Waals surface area contributed by atoms with Crippen molar-refractivity contribution in [3.8, 4) is 0 Å². The van der Waals surface area contributed by atoms with Crippen molar-refractivity contribution in [1.29, 1.82) is 0 Å². The van der Waals surface area contributed by atoms with E-state index in [9.17, 15) is 0 Å². The molecule has 0 aliphatic rings. The Morgan fingerprint density at radius 2 is 1.42 bits per heavy atom. The first-order valence-corrected chi connectivity index (χ1v) is 11.1. The Bertz CT molecular complexity index is 325. The van der Waals surface area contributed by atoms with E-state index in [-0.39, 0.29) is 19.3 Å². The number of aryl methyl sites for hydroxylation is 1. The highest BCUT2D eigenvalue weighted by atomic mass is 35.5. The zero-order valence-corrected chi connectivity index (χ0v) is 14.6. The van der Waals surface area contributed by atoms with Crippen molar-refractivity contribution < 1.29 is 0 Å². The number of halogens is 1. The predicted octanol–water partition coefficient (Wildman–Crippen LogP) is 5.73. The third-order valence-corrected chi connectivity index (χ3v) is 5.08. The first-order chi connectivity index (χ1) is 9.38. The Hall–Kier alpha value is 0.276. The second-order valence-corrected chi connectivity index (χ2v) is 7.44. The summed E-state index contributed by atoms with van der Waals surface area (Å²) >= 11 is -0.378. The molecule has 0 heterocycles. The zero-order valence-electron chi connectivity index (χ0n) is 12.5. The molecule has 1 aromatic carbocycles. The maximum Gasteiger partial charge on any atom is 0.505 e. The average molecular weight is 291 g/mol. The summed E-state index contributed by atoms with van der Waals surface area (Å²) < 4.78 is 1.15. The van der Waals surface area contributed by atoms with Gasteiger partial charge in [0.05, 0.1) is 0 Å². The molecule has 0 aliphatic heterocycles. The lowest BCUT2D eigenvalue weighted by Crippen LogP contribution is -1.97. The molecule has 1 aromatic rings. The Morgan fingerprint density at radius 1 is 0.842 bits per heavy atom. The summed E-state index contributed by atoms with van der Waals surface area (Å²) in [4.78, 5) is 0. The highest BCUT2D eigenvalue weighted by molar-refractivity contribution is 6.93. The Balaban J connectivity index is 2.12. The second-order valence-electron chi connectivity index (χ2n) is 5.43. The predicted molar refractivity (Wildman–Crippen MR) is 88.1 cm³/mol. The lowest BCUT2D eigenvalue weighted by Gasteiger charge is -2.08. The molecule has 0 saturated carbocycles. The van der Waals surface area contributed by atoms with Gasteiger partial charge in [-0.15, -0.1) is 0 Å². The molecule has 0 aliphatic carbocycles. The van der Waals surface area contributed by atoms with E-state index in [4.69, 9.17) is 9.07 Å². The van der Waals surface area contributed by atoms with Gasteiger partial charge in [0.2, 0.25) is 0 Å². The molecule has 0 saturated heterocycles. The third-order valence-electron chi connectivity index (χ3n) is 3.78. The summed E-state index contributed by atoms with van der Waals surface area (Å²) in [6, 6.07) is 8.86. The van der Waals surface area contributed by atoms with Crippen LogP contribution >= 0.6 is 9.07 Å². The lowest BCUT2D eigenvalue weighted by molar-refractivity contribution is 0.575. The topological polar surface area (TPSA) is 0 Å². The van der Waals surface area contributed by atoms with E-state index in [2.05, 4.69) is 31.2 Å². The molecule has 1 rings (SSSR count). The molecule has 0 N–H and O–H groups in total. The first-order valence-electron chi connectivity index (χ1n) is 8.01. The third kappa shape index (κ3) is 8.22. The zero-order chi connectivity index (χ0) is 13.8.